The maximum Gasteiger partial charge on any atom is 0.239 e. The van der Waals surface area contributed by atoms with E-state index in [0.717, 1.165) is 24.5 Å². The average molecular weight is 286 g/mol. The molecule has 0 aliphatic carbocycles. The maximum absolute atomic E-state index is 5.87. The lowest BCUT2D eigenvalue weighted by atomic mass is 10.2. The van der Waals surface area contributed by atoms with Gasteiger partial charge in [-0.1, -0.05) is 19.9 Å². The fraction of sp³-hybridized carbons (Fsp3) is 0.375. The van der Waals surface area contributed by atoms with E-state index < -0.39 is 0 Å². The molecule has 0 amide bonds. The van der Waals surface area contributed by atoms with Gasteiger partial charge in [0.2, 0.25) is 5.88 Å². The number of nitrogens with one attached hydrogen (secondary N) is 1. The fourth-order valence-electron chi connectivity index (χ4n) is 1.78. The molecule has 0 bridgehead atoms. The monoisotopic (exact) mass is 286 g/mol. The molecule has 5 heteroatoms. The molecule has 2 rings (SSSR count). The van der Waals surface area contributed by atoms with Gasteiger partial charge in [0.15, 0.2) is 0 Å². The number of nitrogens with two attached hydrogens (primary N) is 1. The van der Waals surface area contributed by atoms with Crippen molar-refractivity contribution >= 4 is 11.5 Å². The van der Waals surface area contributed by atoms with Crippen molar-refractivity contribution in [2.45, 2.75) is 20.3 Å². The van der Waals surface area contributed by atoms with E-state index in [4.69, 9.17) is 10.5 Å². The fourth-order valence-corrected chi connectivity index (χ4v) is 1.78. The predicted molar refractivity (Wildman–Crippen MR) is 85.4 cm³/mol. The third-order valence-corrected chi connectivity index (χ3v) is 2.86. The Labute approximate surface area is 125 Å². The van der Waals surface area contributed by atoms with Gasteiger partial charge in [-0.05, 0) is 30.2 Å². The van der Waals surface area contributed by atoms with Crippen molar-refractivity contribution in [3.63, 3.8) is 0 Å². The van der Waals surface area contributed by atoms with Crippen LogP contribution in [-0.2, 0) is 6.42 Å². The van der Waals surface area contributed by atoms with Crippen molar-refractivity contribution in [1.29, 1.82) is 0 Å². The highest BCUT2D eigenvalue weighted by atomic mass is 16.5. The van der Waals surface area contributed by atoms with Crippen molar-refractivity contribution in [1.82, 2.24) is 9.97 Å². The Morgan fingerprint density at radius 2 is 2.10 bits per heavy atom. The molecule has 0 saturated carbocycles. The molecule has 21 heavy (non-hydrogen) atoms. The number of pyridine rings is 2. The summed E-state index contributed by atoms with van der Waals surface area (Å²) in [6.45, 7) is 5.54. The molecular formula is C16H22N4O. The number of hydrogen-bond acceptors (Lipinski definition) is 5. The molecule has 0 saturated heterocycles. The van der Waals surface area contributed by atoms with Gasteiger partial charge in [-0.15, -0.1) is 0 Å². The first kappa shape index (κ1) is 15.1. The van der Waals surface area contributed by atoms with Crippen LogP contribution in [0.2, 0.25) is 0 Å². The van der Waals surface area contributed by atoms with E-state index in [1.807, 2.05) is 30.3 Å². The average Bonchev–Trinajstić information content (AvgIpc) is 2.48. The molecule has 112 valence electrons. The van der Waals surface area contributed by atoms with Crippen LogP contribution in [0.3, 0.4) is 0 Å². The zero-order valence-electron chi connectivity index (χ0n) is 12.5. The molecule has 0 radical (unpaired) electrons. The van der Waals surface area contributed by atoms with E-state index in [9.17, 15) is 0 Å². The Bertz CT molecular complexity index is 557. The minimum absolute atomic E-state index is 0.437. The Morgan fingerprint density at radius 1 is 1.24 bits per heavy atom. The second-order valence-electron chi connectivity index (χ2n) is 5.29. The molecule has 3 N–H and O–H groups in total. The molecule has 0 unspecified atom stereocenters. The molecule has 0 aromatic carbocycles. The van der Waals surface area contributed by atoms with Crippen LogP contribution in [0.1, 0.15) is 19.5 Å². The van der Waals surface area contributed by atoms with Gasteiger partial charge in [-0.25, -0.2) is 0 Å². The first-order chi connectivity index (χ1) is 10.1. The van der Waals surface area contributed by atoms with Crippen molar-refractivity contribution in [3.8, 4) is 5.88 Å². The zero-order chi connectivity index (χ0) is 15.1. The number of ether oxygens (including phenoxy) is 1. The van der Waals surface area contributed by atoms with Gasteiger partial charge in [0.1, 0.15) is 5.82 Å². The summed E-state index contributed by atoms with van der Waals surface area (Å²) in [6, 6.07) is 9.58. The summed E-state index contributed by atoms with van der Waals surface area (Å²) in [5.74, 6) is 1.69. The third kappa shape index (κ3) is 4.95. The number of aromatic nitrogens is 2. The lowest BCUT2D eigenvalue weighted by Gasteiger charge is -2.12. The van der Waals surface area contributed by atoms with Crippen LogP contribution >= 0.6 is 0 Å². The second kappa shape index (κ2) is 7.47. The van der Waals surface area contributed by atoms with E-state index in [-0.39, 0.29) is 0 Å². The topological polar surface area (TPSA) is 73.1 Å². The normalized spacial score (nSPS) is 10.6. The van der Waals surface area contributed by atoms with Gasteiger partial charge < -0.3 is 15.8 Å². The molecule has 0 aliphatic rings. The van der Waals surface area contributed by atoms with Crippen molar-refractivity contribution in [2.24, 2.45) is 5.92 Å². The molecule has 2 aromatic rings. The molecular weight excluding hydrogens is 264 g/mol. The number of rotatable bonds is 7. The number of nitrogens with zero attached hydrogens (tertiary/aromatic N) is 2. The summed E-state index contributed by atoms with van der Waals surface area (Å²) < 4.78 is 5.62. The molecule has 0 fully saturated rings. The minimum atomic E-state index is 0.437. The van der Waals surface area contributed by atoms with E-state index in [2.05, 4.69) is 29.1 Å². The molecule has 0 spiro atoms. The van der Waals surface area contributed by atoms with Gasteiger partial charge in [-0.3, -0.25) is 4.98 Å². The first-order valence-electron chi connectivity index (χ1n) is 7.18. The van der Waals surface area contributed by atoms with Crippen LogP contribution in [0.25, 0.3) is 0 Å². The highest BCUT2D eigenvalue weighted by Crippen LogP contribution is 2.21. The summed E-state index contributed by atoms with van der Waals surface area (Å²) >= 11 is 0. The van der Waals surface area contributed by atoms with Crippen LogP contribution in [0.5, 0.6) is 5.88 Å². The lowest BCUT2D eigenvalue weighted by Crippen LogP contribution is -2.10. The van der Waals surface area contributed by atoms with E-state index in [0.29, 0.717) is 24.1 Å². The number of nitrogen functional groups attached to an aromatic ring is 1. The number of anilines is 2. The first-order valence-corrected chi connectivity index (χ1v) is 7.18. The molecule has 5 nitrogen and oxygen atoms in total. The largest absolute Gasteiger partial charge is 0.476 e. The maximum atomic E-state index is 5.87. The Morgan fingerprint density at radius 3 is 2.81 bits per heavy atom. The highest BCUT2D eigenvalue weighted by Gasteiger charge is 2.05. The Balaban J connectivity index is 1.89. The van der Waals surface area contributed by atoms with Crippen LogP contribution in [0, 0.1) is 5.92 Å². The van der Waals surface area contributed by atoms with Crippen LogP contribution in [0.15, 0.2) is 36.5 Å². The summed E-state index contributed by atoms with van der Waals surface area (Å²) in [6.07, 6.45) is 2.64. The Kier molecular flexibility index (Phi) is 5.37. The predicted octanol–water partition coefficient (Wildman–Crippen LogP) is 2.75. The minimum Gasteiger partial charge on any atom is -0.476 e. The zero-order valence-corrected chi connectivity index (χ0v) is 12.5. The quantitative estimate of drug-likeness (QED) is 0.818. The summed E-state index contributed by atoms with van der Waals surface area (Å²) in [5, 5.41) is 3.26. The summed E-state index contributed by atoms with van der Waals surface area (Å²) in [5.41, 5.74) is 7.48. The summed E-state index contributed by atoms with van der Waals surface area (Å²) in [4.78, 5) is 8.68. The van der Waals surface area contributed by atoms with E-state index >= 15 is 0 Å². The van der Waals surface area contributed by atoms with Gasteiger partial charge in [0.25, 0.3) is 0 Å². The van der Waals surface area contributed by atoms with Crippen LogP contribution in [0.4, 0.5) is 11.5 Å². The van der Waals surface area contributed by atoms with Crippen molar-refractivity contribution < 1.29 is 4.74 Å². The summed E-state index contributed by atoms with van der Waals surface area (Å²) in [7, 11) is 0. The lowest BCUT2D eigenvalue weighted by molar-refractivity contribution is 0.263. The number of hydrogen-bond donors (Lipinski definition) is 2. The van der Waals surface area contributed by atoms with Crippen molar-refractivity contribution in [2.75, 3.05) is 24.2 Å². The SMILES string of the molecule is CC(C)COc1nc(NCCc2ccccn2)ccc1N. The Hall–Kier alpha value is -2.30. The standard InChI is InChI=1S/C16H22N4O/c1-12(2)11-21-16-14(17)6-7-15(20-16)19-10-8-13-5-3-4-9-18-13/h3-7,9,12H,8,10-11,17H2,1-2H3,(H,19,20). The molecule has 2 heterocycles. The van der Waals surface area contributed by atoms with Gasteiger partial charge in [0.05, 0.1) is 12.3 Å². The highest BCUT2D eigenvalue weighted by molar-refractivity contribution is 5.53. The van der Waals surface area contributed by atoms with Crippen LogP contribution < -0.4 is 15.8 Å². The van der Waals surface area contributed by atoms with Gasteiger partial charge in [-0.2, -0.15) is 4.98 Å². The van der Waals surface area contributed by atoms with Gasteiger partial charge >= 0.3 is 0 Å². The third-order valence-electron chi connectivity index (χ3n) is 2.86. The molecule has 0 atom stereocenters. The molecule has 0 aliphatic heterocycles. The smallest absolute Gasteiger partial charge is 0.239 e. The van der Waals surface area contributed by atoms with Crippen molar-refractivity contribution in [3.05, 3.63) is 42.2 Å². The van der Waals surface area contributed by atoms with E-state index in [1.165, 1.54) is 0 Å². The van der Waals surface area contributed by atoms with Gasteiger partial charge in [0, 0.05) is 24.9 Å². The second-order valence-corrected chi connectivity index (χ2v) is 5.29. The molecule has 2 aromatic heterocycles. The van der Waals surface area contributed by atoms with Crippen LogP contribution in [-0.4, -0.2) is 23.1 Å². The van der Waals surface area contributed by atoms with E-state index in [1.54, 1.807) is 6.20 Å².